The largest absolute Gasteiger partial charge is 0.493 e. The van der Waals surface area contributed by atoms with Crippen molar-refractivity contribution in [3.63, 3.8) is 0 Å². The van der Waals surface area contributed by atoms with Crippen LogP contribution in [0.25, 0.3) is 0 Å². The van der Waals surface area contributed by atoms with Crippen molar-refractivity contribution in [1.29, 1.82) is 0 Å². The number of anilines is 3. The normalized spacial score (nSPS) is 15.6. The molecular weight excluding hydrogens is 601 g/mol. The summed E-state index contributed by atoms with van der Waals surface area (Å²) in [6, 6.07) is 12.5. The van der Waals surface area contributed by atoms with Crippen LogP contribution in [-0.4, -0.2) is 73.6 Å². The van der Waals surface area contributed by atoms with Gasteiger partial charge in [0.25, 0.3) is 0 Å². The van der Waals surface area contributed by atoms with E-state index in [0.717, 1.165) is 48.2 Å². The van der Waals surface area contributed by atoms with Crippen molar-refractivity contribution in [3.05, 3.63) is 57.2 Å². The minimum absolute atomic E-state index is 0.324. The van der Waals surface area contributed by atoms with Crippen LogP contribution in [0.4, 0.5) is 17.8 Å². The molecular formula is C26H28IN7O4. The van der Waals surface area contributed by atoms with E-state index in [1.54, 1.807) is 36.5 Å². The first kappa shape index (κ1) is 26.1. The molecule has 2 aliphatic heterocycles. The molecule has 3 heterocycles. The van der Waals surface area contributed by atoms with Gasteiger partial charge in [0.15, 0.2) is 11.5 Å². The second-order valence-electron chi connectivity index (χ2n) is 8.70. The van der Waals surface area contributed by atoms with Gasteiger partial charge in [0.1, 0.15) is 0 Å². The SMILES string of the molecule is COc1cc(/C=N/Nc2nc(N3CCCC3)nc(N3CCOCC3)n2)ccc1OC(=O)c1ccccc1I. The van der Waals surface area contributed by atoms with Crippen LogP contribution in [0.1, 0.15) is 28.8 Å². The summed E-state index contributed by atoms with van der Waals surface area (Å²) in [4.78, 5) is 30.8. The molecule has 198 valence electrons. The monoisotopic (exact) mass is 629 g/mol. The van der Waals surface area contributed by atoms with Gasteiger partial charge in [-0.05, 0) is 71.3 Å². The Bertz CT molecular complexity index is 1310. The van der Waals surface area contributed by atoms with Gasteiger partial charge < -0.3 is 24.0 Å². The van der Waals surface area contributed by atoms with E-state index in [-0.39, 0.29) is 0 Å². The number of carbonyl (C=O) groups is 1. The molecule has 1 aromatic heterocycles. The zero-order valence-corrected chi connectivity index (χ0v) is 23.1. The average molecular weight is 629 g/mol. The van der Waals surface area contributed by atoms with E-state index < -0.39 is 5.97 Å². The molecule has 0 amide bonds. The maximum Gasteiger partial charge on any atom is 0.344 e. The van der Waals surface area contributed by atoms with E-state index in [0.29, 0.717) is 48.1 Å². The van der Waals surface area contributed by atoms with Crippen LogP contribution >= 0.6 is 22.6 Å². The highest BCUT2D eigenvalue weighted by Crippen LogP contribution is 2.29. The Labute approximate surface area is 234 Å². The predicted molar refractivity (Wildman–Crippen MR) is 153 cm³/mol. The van der Waals surface area contributed by atoms with Gasteiger partial charge in [0.2, 0.25) is 17.8 Å². The Kier molecular flexibility index (Phi) is 8.48. The first-order valence-electron chi connectivity index (χ1n) is 12.4. The first-order valence-corrected chi connectivity index (χ1v) is 13.5. The summed E-state index contributed by atoms with van der Waals surface area (Å²) in [6.07, 6.45) is 3.87. The van der Waals surface area contributed by atoms with E-state index in [2.05, 4.69) is 52.9 Å². The van der Waals surface area contributed by atoms with Crippen molar-refractivity contribution >= 4 is 52.6 Å². The minimum atomic E-state index is -0.448. The highest BCUT2D eigenvalue weighted by Gasteiger charge is 2.21. The molecule has 0 radical (unpaired) electrons. The van der Waals surface area contributed by atoms with Crippen molar-refractivity contribution < 1.29 is 19.0 Å². The Morgan fingerprint density at radius 1 is 1.00 bits per heavy atom. The number of morpholine rings is 1. The van der Waals surface area contributed by atoms with E-state index in [1.165, 1.54) is 7.11 Å². The number of ether oxygens (including phenoxy) is 3. The highest BCUT2D eigenvalue weighted by molar-refractivity contribution is 14.1. The standard InChI is InChI=1S/C26H28IN7O4/c1-36-22-16-18(8-9-21(22)38-23(35)19-6-2-3-7-20(19)27)17-28-32-24-29-25(33-10-4-5-11-33)31-26(30-24)34-12-14-37-15-13-34/h2-3,6-9,16-17H,4-5,10-15H2,1H3,(H,29,30,31,32)/b28-17+. The molecule has 2 fully saturated rings. The van der Waals surface area contributed by atoms with Crippen LogP contribution in [0.3, 0.4) is 0 Å². The van der Waals surface area contributed by atoms with E-state index in [4.69, 9.17) is 19.2 Å². The molecule has 11 nitrogen and oxygen atoms in total. The molecule has 0 aliphatic carbocycles. The first-order chi connectivity index (χ1) is 18.6. The van der Waals surface area contributed by atoms with Crippen molar-refractivity contribution in [3.8, 4) is 11.5 Å². The number of benzene rings is 2. The lowest BCUT2D eigenvalue weighted by Crippen LogP contribution is -2.38. The van der Waals surface area contributed by atoms with Crippen molar-refractivity contribution in [1.82, 2.24) is 15.0 Å². The Morgan fingerprint density at radius 3 is 2.42 bits per heavy atom. The third-order valence-corrected chi connectivity index (χ3v) is 7.10. The highest BCUT2D eigenvalue weighted by atomic mass is 127. The number of hydrazone groups is 1. The number of nitrogens with zero attached hydrogens (tertiary/aromatic N) is 6. The Balaban J connectivity index is 1.30. The van der Waals surface area contributed by atoms with Gasteiger partial charge in [0, 0.05) is 29.7 Å². The second-order valence-corrected chi connectivity index (χ2v) is 9.86. The van der Waals surface area contributed by atoms with Crippen LogP contribution in [0, 0.1) is 3.57 Å². The summed E-state index contributed by atoms with van der Waals surface area (Å²) < 4.78 is 17.3. The lowest BCUT2D eigenvalue weighted by molar-refractivity contribution is 0.0728. The van der Waals surface area contributed by atoms with Gasteiger partial charge >= 0.3 is 5.97 Å². The molecule has 38 heavy (non-hydrogen) atoms. The third kappa shape index (κ3) is 6.30. The van der Waals surface area contributed by atoms with Crippen LogP contribution in [-0.2, 0) is 4.74 Å². The van der Waals surface area contributed by atoms with Gasteiger partial charge in [-0.3, -0.25) is 0 Å². The maximum atomic E-state index is 12.6. The lowest BCUT2D eigenvalue weighted by Gasteiger charge is -2.27. The van der Waals surface area contributed by atoms with E-state index in [9.17, 15) is 4.79 Å². The quantitative estimate of drug-likeness (QED) is 0.130. The number of hydrogen-bond donors (Lipinski definition) is 1. The summed E-state index contributed by atoms with van der Waals surface area (Å²) in [5, 5.41) is 4.34. The number of carbonyl (C=O) groups excluding carboxylic acids is 1. The topological polar surface area (TPSA) is 114 Å². The number of aromatic nitrogens is 3. The van der Waals surface area contributed by atoms with Gasteiger partial charge in [-0.25, -0.2) is 10.2 Å². The molecule has 1 N–H and O–H groups in total. The van der Waals surface area contributed by atoms with Gasteiger partial charge in [-0.15, -0.1) is 0 Å². The number of halogens is 1. The molecule has 0 saturated carbocycles. The Hall–Kier alpha value is -3.52. The number of nitrogens with one attached hydrogen (secondary N) is 1. The molecule has 2 aliphatic rings. The summed E-state index contributed by atoms with van der Waals surface area (Å²) in [5.74, 6) is 1.93. The average Bonchev–Trinajstić information content (AvgIpc) is 3.50. The number of methoxy groups -OCH3 is 1. The summed E-state index contributed by atoms with van der Waals surface area (Å²) in [5.41, 5.74) is 4.18. The number of rotatable bonds is 8. The molecule has 0 unspecified atom stereocenters. The number of esters is 1. The number of hydrogen-bond acceptors (Lipinski definition) is 11. The fourth-order valence-corrected chi connectivity index (χ4v) is 4.77. The van der Waals surface area contributed by atoms with E-state index >= 15 is 0 Å². The summed E-state index contributed by atoms with van der Waals surface area (Å²) in [6.45, 7) is 4.59. The lowest BCUT2D eigenvalue weighted by atomic mass is 10.2. The molecule has 2 aromatic carbocycles. The molecule has 0 spiro atoms. The van der Waals surface area contributed by atoms with Crippen molar-refractivity contribution in [2.45, 2.75) is 12.8 Å². The maximum absolute atomic E-state index is 12.6. The summed E-state index contributed by atoms with van der Waals surface area (Å²) >= 11 is 2.11. The third-order valence-electron chi connectivity index (χ3n) is 6.16. The second kappa shape index (κ2) is 12.3. The fraction of sp³-hybridized carbons (Fsp3) is 0.346. The molecule has 5 rings (SSSR count). The van der Waals surface area contributed by atoms with Crippen molar-refractivity contribution in [2.24, 2.45) is 5.10 Å². The van der Waals surface area contributed by atoms with Crippen LogP contribution in [0.2, 0.25) is 0 Å². The molecule has 0 atom stereocenters. The Morgan fingerprint density at radius 2 is 1.71 bits per heavy atom. The fourth-order valence-electron chi connectivity index (χ4n) is 4.16. The summed E-state index contributed by atoms with van der Waals surface area (Å²) in [7, 11) is 1.52. The minimum Gasteiger partial charge on any atom is -0.493 e. The van der Waals surface area contributed by atoms with Crippen LogP contribution in [0.5, 0.6) is 11.5 Å². The molecule has 12 heteroatoms. The molecule has 0 bridgehead atoms. The predicted octanol–water partition coefficient (Wildman–Crippen LogP) is 3.59. The van der Waals surface area contributed by atoms with Gasteiger partial charge in [0.05, 0.1) is 32.1 Å². The van der Waals surface area contributed by atoms with Crippen LogP contribution < -0.4 is 24.7 Å². The zero-order chi connectivity index (χ0) is 26.3. The van der Waals surface area contributed by atoms with Gasteiger partial charge in [-0.1, -0.05) is 12.1 Å². The van der Waals surface area contributed by atoms with Crippen molar-refractivity contribution in [2.75, 3.05) is 61.7 Å². The van der Waals surface area contributed by atoms with E-state index in [1.807, 2.05) is 12.1 Å². The zero-order valence-electron chi connectivity index (χ0n) is 21.0. The molecule has 2 saturated heterocycles. The molecule has 3 aromatic rings. The van der Waals surface area contributed by atoms with Crippen LogP contribution in [0.15, 0.2) is 47.6 Å². The smallest absolute Gasteiger partial charge is 0.344 e. The van der Waals surface area contributed by atoms with Gasteiger partial charge in [-0.2, -0.15) is 20.1 Å².